The second-order valence-corrected chi connectivity index (χ2v) is 6.29. The van der Waals surface area contributed by atoms with Gasteiger partial charge in [-0.1, -0.05) is 19.1 Å². The predicted molar refractivity (Wildman–Crippen MR) is 88.9 cm³/mol. The van der Waals surface area contributed by atoms with E-state index in [0.717, 1.165) is 31.2 Å². The molecule has 24 heavy (non-hydrogen) atoms. The molecule has 0 spiro atoms. The lowest BCUT2D eigenvalue weighted by atomic mass is 9.74. The van der Waals surface area contributed by atoms with Gasteiger partial charge in [0.25, 0.3) is 0 Å². The summed E-state index contributed by atoms with van der Waals surface area (Å²) >= 11 is 0. The first-order chi connectivity index (χ1) is 11.4. The molecule has 0 heterocycles. The van der Waals surface area contributed by atoms with Gasteiger partial charge in [-0.25, -0.2) is 5.84 Å². The first-order valence-corrected chi connectivity index (χ1v) is 8.07. The van der Waals surface area contributed by atoms with Crippen molar-refractivity contribution in [1.82, 2.24) is 5.43 Å². The molecule has 7 nitrogen and oxygen atoms in total. The number of carboxylic acids is 1. The Morgan fingerprint density at radius 1 is 1.08 bits per heavy atom. The number of nitrogens with two attached hydrogens (primary N) is 1. The minimum atomic E-state index is -0.898. The summed E-state index contributed by atoms with van der Waals surface area (Å²) < 4.78 is 0. The molecule has 130 valence electrons. The van der Waals surface area contributed by atoms with Crippen LogP contribution in [0, 0.1) is 11.8 Å². The van der Waals surface area contributed by atoms with Crippen LogP contribution in [0.3, 0.4) is 0 Å². The van der Waals surface area contributed by atoms with Crippen LogP contribution in [0.25, 0.3) is 0 Å². The molecule has 1 atom stereocenters. The summed E-state index contributed by atoms with van der Waals surface area (Å²) in [5.74, 6) is 2.82. The molecule has 1 aliphatic carbocycles. The molecule has 2 amide bonds. The van der Waals surface area contributed by atoms with Crippen molar-refractivity contribution in [3.63, 3.8) is 0 Å². The molecule has 0 aromatic heterocycles. The number of nitrogens with one attached hydrogen (secondary N) is 2. The van der Waals surface area contributed by atoms with E-state index in [1.807, 2.05) is 12.1 Å². The van der Waals surface area contributed by atoms with Gasteiger partial charge in [-0.05, 0) is 55.2 Å². The summed E-state index contributed by atoms with van der Waals surface area (Å²) in [4.78, 5) is 33.6. The fraction of sp³-hybridized carbons (Fsp3) is 0.471. The largest absolute Gasteiger partial charge is 0.481 e. The van der Waals surface area contributed by atoms with Gasteiger partial charge in [-0.15, -0.1) is 0 Å². The Kier molecular flexibility index (Phi) is 5.92. The van der Waals surface area contributed by atoms with Gasteiger partial charge >= 0.3 is 17.8 Å². The number of carbonyl (C=O) groups is 3. The molecule has 5 N–H and O–H groups in total. The van der Waals surface area contributed by atoms with Crippen LogP contribution in [0.1, 0.15) is 44.1 Å². The van der Waals surface area contributed by atoms with Crippen LogP contribution < -0.4 is 16.6 Å². The Balaban J connectivity index is 1.91. The summed E-state index contributed by atoms with van der Waals surface area (Å²) in [6.07, 6.45) is 3.74. The molecule has 2 rings (SSSR count). The van der Waals surface area contributed by atoms with Gasteiger partial charge in [0, 0.05) is 5.69 Å². The average Bonchev–Trinajstić information content (AvgIpc) is 2.61. The normalized spacial score (nSPS) is 21.6. The van der Waals surface area contributed by atoms with Crippen molar-refractivity contribution in [2.24, 2.45) is 17.7 Å². The SMILES string of the molecule is CC(C(=O)O)C1CCC(c2ccc(NC(=O)C(=O)NN)cc2)CC1. The van der Waals surface area contributed by atoms with Crippen LogP contribution >= 0.6 is 0 Å². The number of hydrogen-bond acceptors (Lipinski definition) is 4. The van der Waals surface area contributed by atoms with Crippen LogP contribution in [-0.4, -0.2) is 22.9 Å². The van der Waals surface area contributed by atoms with Crippen molar-refractivity contribution in [2.45, 2.75) is 38.5 Å². The van der Waals surface area contributed by atoms with Crippen molar-refractivity contribution < 1.29 is 19.5 Å². The molecular formula is C17H23N3O4. The third-order valence-electron chi connectivity index (χ3n) is 4.85. The molecule has 1 saturated carbocycles. The molecule has 1 unspecified atom stereocenters. The third-order valence-corrected chi connectivity index (χ3v) is 4.85. The fourth-order valence-corrected chi connectivity index (χ4v) is 3.25. The van der Waals surface area contributed by atoms with Gasteiger partial charge in [0.2, 0.25) is 0 Å². The van der Waals surface area contributed by atoms with Gasteiger partial charge in [0.1, 0.15) is 0 Å². The van der Waals surface area contributed by atoms with E-state index in [9.17, 15) is 14.4 Å². The molecule has 0 aliphatic heterocycles. The standard InChI is InChI=1S/C17H23N3O4/c1-10(17(23)24)11-2-4-12(5-3-11)13-6-8-14(9-7-13)19-15(21)16(22)20-18/h6-12H,2-5,18H2,1H3,(H,19,21)(H,20,22)(H,23,24). The van der Waals surface area contributed by atoms with Gasteiger partial charge in [-0.3, -0.25) is 19.8 Å². The zero-order chi connectivity index (χ0) is 17.7. The molecule has 1 aliphatic rings. The van der Waals surface area contributed by atoms with E-state index in [4.69, 9.17) is 10.9 Å². The van der Waals surface area contributed by atoms with Crippen LogP contribution in [-0.2, 0) is 14.4 Å². The maximum Gasteiger partial charge on any atom is 0.323 e. The summed E-state index contributed by atoms with van der Waals surface area (Å²) in [5, 5.41) is 11.6. The molecule has 1 fully saturated rings. The minimum Gasteiger partial charge on any atom is -0.481 e. The number of rotatable bonds is 4. The number of hydrogen-bond donors (Lipinski definition) is 4. The second-order valence-electron chi connectivity index (χ2n) is 6.29. The topological polar surface area (TPSA) is 122 Å². The molecule has 1 aromatic rings. The third kappa shape index (κ3) is 4.32. The number of carbonyl (C=O) groups excluding carboxylic acids is 2. The maximum absolute atomic E-state index is 11.4. The van der Waals surface area contributed by atoms with E-state index in [2.05, 4.69) is 5.32 Å². The monoisotopic (exact) mass is 333 g/mol. The summed E-state index contributed by atoms with van der Waals surface area (Å²) in [6, 6.07) is 7.37. The van der Waals surface area contributed by atoms with E-state index < -0.39 is 17.8 Å². The van der Waals surface area contributed by atoms with E-state index in [1.165, 1.54) is 0 Å². The van der Waals surface area contributed by atoms with Gasteiger partial charge in [0.15, 0.2) is 0 Å². The molecule has 0 radical (unpaired) electrons. The van der Waals surface area contributed by atoms with Crippen LogP contribution in [0.5, 0.6) is 0 Å². The van der Waals surface area contributed by atoms with Crippen LogP contribution in [0.15, 0.2) is 24.3 Å². The number of benzene rings is 1. The van der Waals surface area contributed by atoms with Crippen molar-refractivity contribution in [3.8, 4) is 0 Å². The first kappa shape index (κ1) is 17.9. The van der Waals surface area contributed by atoms with E-state index >= 15 is 0 Å². The van der Waals surface area contributed by atoms with Gasteiger partial charge < -0.3 is 10.4 Å². The number of hydrazine groups is 1. The minimum absolute atomic E-state index is 0.243. The maximum atomic E-state index is 11.4. The summed E-state index contributed by atoms with van der Waals surface area (Å²) in [5.41, 5.74) is 3.47. The highest BCUT2D eigenvalue weighted by atomic mass is 16.4. The highest BCUT2D eigenvalue weighted by Gasteiger charge is 2.29. The number of carboxylic acid groups (broad SMARTS) is 1. The Morgan fingerprint density at radius 3 is 2.17 bits per heavy atom. The Bertz CT molecular complexity index is 607. The summed E-state index contributed by atoms with van der Waals surface area (Å²) in [7, 11) is 0. The lowest BCUT2D eigenvalue weighted by Crippen LogP contribution is -2.39. The number of amides is 2. The van der Waals surface area contributed by atoms with Crippen LogP contribution in [0.4, 0.5) is 5.69 Å². The van der Waals surface area contributed by atoms with Crippen LogP contribution in [0.2, 0.25) is 0 Å². The molecule has 1 aromatic carbocycles. The molecule has 0 saturated heterocycles. The zero-order valence-corrected chi connectivity index (χ0v) is 13.6. The molecule has 0 bridgehead atoms. The highest BCUT2D eigenvalue weighted by molar-refractivity contribution is 6.39. The smallest absolute Gasteiger partial charge is 0.323 e. The number of anilines is 1. The Morgan fingerprint density at radius 2 is 1.67 bits per heavy atom. The van der Waals surface area contributed by atoms with E-state index in [1.54, 1.807) is 24.5 Å². The van der Waals surface area contributed by atoms with Crippen molar-refractivity contribution in [1.29, 1.82) is 0 Å². The zero-order valence-electron chi connectivity index (χ0n) is 13.6. The highest BCUT2D eigenvalue weighted by Crippen LogP contribution is 2.39. The van der Waals surface area contributed by atoms with Crippen molar-refractivity contribution in [3.05, 3.63) is 29.8 Å². The van der Waals surface area contributed by atoms with Crippen molar-refractivity contribution >= 4 is 23.5 Å². The fourth-order valence-electron chi connectivity index (χ4n) is 3.25. The summed E-state index contributed by atoms with van der Waals surface area (Å²) in [6.45, 7) is 1.78. The number of aliphatic carboxylic acids is 1. The quantitative estimate of drug-likeness (QED) is 0.289. The molecule has 7 heteroatoms. The van der Waals surface area contributed by atoms with Gasteiger partial charge in [-0.2, -0.15) is 0 Å². The lowest BCUT2D eigenvalue weighted by Gasteiger charge is -2.31. The Hall–Kier alpha value is -2.41. The van der Waals surface area contributed by atoms with Gasteiger partial charge in [0.05, 0.1) is 5.92 Å². The average molecular weight is 333 g/mol. The lowest BCUT2D eigenvalue weighted by molar-refractivity contribution is -0.143. The van der Waals surface area contributed by atoms with Crippen molar-refractivity contribution in [2.75, 3.05) is 5.32 Å². The second kappa shape index (κ2) is 7.92. The van der Waals surface area contributed by atoms with E-state index in [-0.39, 0.29) is 11.8 Å². The Labute approximate surface area is 140 Å². The predicted octanol–water partition coefficient (Wildman–Crippen LogP) is 1.61. The van der Waals surface area contributed by atoms with E-state index in [0.29, 0.717) is 11.6 Å². The molecular weight excluding hydrogens is 310 g/mol. The first-order valence-electron chi connectivity index (χ1n) is 8.07.